The van der Waals surface area contributed by atoms with E-state index in [0.717, 1.165) is 0 Å². The Morgan fingerprint density at radius 2 is 2.22 bits per heavy atom. The first-order chi connectivity index (χ1) is 4.18. The van der Waals surface area contributed by atoms with Gasteiger partial charge < -0.3 is 11.5 Å². The number of thioether (sulfide) groups is 1. The number of thiol groups is 1. The van der Waals surface area contributed by atoms with Gasteiger partial charge in [0, 0.05) is 0 Å². The molecule has 0 aliphatic carbocycles. The summed E-state index contributed by atoms with van der Waals surface area (Å²) in [5.41, 5.74) is 10.6. The molecule has 1 aliphatic rings. The minimum Gasteiger partial charge on any atom is -0.378 e. The van der Waals surface area contributed by atoms with Crippen molar-refractivity contribution >= 4 is 35.5 Å². The van der Waals surface area contributed by atoms with Gasteiger partial charge in [-0.15, -0.1) is 12.6 Å². The maximum absolute atomic E-state index is 5.32. The summed E-state index contributed by atoms with van der Waals surface area (Å²) < 4.78 is -0.192. The lowest BCUT2D eigenvalue weighted by Gasteiger charge is -2.09. The van der Waals surface area contributed by atoms with Crippen LogP contribution in [0.25, 0.3) is 0 Å². The van der Waals surface area contributed by atoms with Gasteiger partial charge >= 0.3 is 0 Å². The molecule has 0 radical (unpaired) electrons. The molecule has 0 aromatic rings. The highest BCUT2D eigenvalue weighted by Crippen LogP contribution is 2.18. The quantitative estimate of drug-likeness (QED) is 0.423. The minimum absolute atomic E-state index is 0.192. The van der Waals surface area contributed by atoms with Crippen LogP contribution in [0.15, 0.2) is 9.98 Å². The highest BCUT2D eigenvalue weighted by Gasteiger charge is 2.09. The van der Waals surface area contributed by atoms with Crippen LogP contribution in [0.5, 0.6) is 0 Å². The Labute approximate surface area is 62.2 Å². The average Bonchev–Trinajstić information content (AvgIpc) is 1.59. The van der Waals surface area contributed by atoms with Gasteiger partial charge in [0.25, 0.3) is 0 Å². The Kier molecular flexibility index (Phi) is 1.87. The monoisotopic (exact) mass is 162 g/mol. The number of hydrogen-bond acceptors (Lipinski definition) is 6. The van der Waals surface area contributed by atoms with Gasteiger partial charge in [0.15, 0.2) is 5.17 Å². The molecule has 0 saturated carbocycles. The zero-order valence-corrected chi connectivity index (χ0v) is 6.19. The maximum Gasteiger partial charge on any atom is 0.219 e. The summed E-state index contributed by atoms with van der Waals surface area (Å²) in [4.78, 5) is 7.46. The Balaban J connectivity index is 2.74. The molecule has 0 amide bonds. The van der Waals surface area contributed by atoms with Gasteiger partial charge in [-0.2, -0.15) is 4.99 Å². The van der Waals surface area contributed by atoms with Crippen LogP contribution in [-0.4, -0.2) is 15.8 Å². The number of guanidine groups is 1. The van der Waals surface area contributed by atoms with Crippen LogP contribution < -0.4 is 11.5 Å². The van der Waals surface area contributed by atoms with Gasteiger partial charge in [-0.3, -0.25) is 0 Å². The molecule has 1 aliphatic heterocycles. The smallest absolute Gasteiger partial charge is 0.219 e. The highest BCUT2D eigenvalue weighted by molar-refractivity contribution is 8.21. The molecule has 0 aromatic heterocycles. The fourth-order valence-corrected chi connectivity index (χ4v) is 1.38. The molecule has 1 atom stereocenters. The Morgan fingerprint density at radius 3 is 2.67 bits per heavy atom. The fraction of sp³-hybridized carbons (Fsp3) is 0.333. The van der Waals surface area contributed by atoms with Crippen molar-refractivity contribution in [3.63, 3.8) is 0 Å². The summed E-state index contributed by atoms with van der Waals surface area (Å²) in [6.45, 7) is 0. The lowest BCUT2D eigenvalue weighted by atomic mass is 11.0. The van der Waals surface area contributed by atoms with Crippen molar-refractivity contribution in [1.82, 2.24) is 0 Å². The second kappa shape index (κ2) is 2.49. The van der Waals surface area contributed by atoms with E-state index in [1.807, 2.05) is 0 Å². The van der Waals surface area contributed by atoms with Crippen molar-refractivity contribution < 1.29 is 0 Å². The van der Waals surface area contributed by atoms with Crippen LogP contribution in [0, 0.1) is 0 Å². The van der Waals surface area contributed by atoms with E-state index >= 15 is 0 Å². The maximum atomic E-state index is 5.32. The van der Waals surface area contributed by atoms with Crippen molar-refractivity contribution in [2.24, 2.45) is 21.5 Å². The fourth-order valence-electron chi connectivity index (χ4n) is 0.416. The molecule has 1 rings (SSSR count). The van der Waals surface area contributed by atoms with Crippen LogP contribution in [0.4, 0.5) is 0 Å². The Hall–Kier alpha value is -0.360. The van der Waals surface area contributed by atoms with Crippen LogP contribution in [-0.2, 0) is 0 Å². The van der Waals surface area contributed by atoms with Crippen molar-refractivity contribution in [1.29, 1.82) is 0 Å². The lowest BCUT2D eigenvalue weighted by Crippen LogP contribution is -2.22. The Bertz CT molecular complexity index is 175. The third kappa shape index (κ3) is 1.79. The van der Waals surface area contributed by atoms with E-state index in [2.05, 4.69) is 22.6 Å². The second-order valence-corrected chi connectivity index (χ2v) is 3.32. The molecule has 0 spiro atoms. The number of nitrogens with two attached hydrogens (primary N) is 2. The number of hydrogen-bond donors (Lipinski definition) is 3. The van der Waals surface area contributed by atoms with Gasteiger partial charge in [-0.25, -0.2) is 4.99 Å². The van der Waals surface area contributed by atoms with Crippen LogP contribution in [0.3, 0.4) is 0 Å². The van der Waals surface area contributed by atoms with Gasteiger partial charge in [-0.1, -0.05) is 11.8 Å². The van der Waals surface area contributed by atoms with Gasteiger partial charge in [-0.05, 0) is 0 Å². The van der Waals surface area contributed by atoms with E-state index in [9.17, 15) is 0 Å². The van der Waals surface area contributed by atoms with Gasteiger partial charge in [0.2, 0.25) is 5.96 Å². The molecule has 0 bridgehead atoms. The van der Waals surface area contributed by atoms with E-state index < -0.39 is 0 Å². The molecule has 6 heteroatoms. The standard InChI is InChI=1S/C3H6N4S2/c4-1-6-2(5)9-3(8)7-1/h3,8H,(H4,4,5,6,7). The van der Waals surface area contributed by atoms with E-state index in [0.29, 0.717) is 5.17 Å². The SMILES string of the molecule is NC1=NC(S)SC(N)=N1. The normalized spacial score (nSPS) is 27.0. The summed E-state index contributed by atoms with van der Waals surface area (Å²) in [5, 5.41) is 0.419. The molecular formula is C3H6N4S2. The summed E-state index contributed by atoms with van der Waals surface area (Å²) in [6.07, 6.45) is 0. The summed E-state index contributed by atoms with van der Waals surface area (Å²) in [5.74, 6) is 0.200. The predicted molar refractivity (Wildman–Crippen MR) is 43.6 cm³/mol. The molecule has 0 saturated heterocycles. The first kappa shape index (κ1) is 6.76. The first-order valence-electron chi connectivity index (χ1n) is 2.20. The van der Waals surface area contributed by atoms with E-state index in [1.165, 1.54) is 11.8 Å². The summed E-state index contributed by atoms with van der Waals surface area (Å²) in [6, 6.07) is 0. The molecule has 4 nitrogen and oxygen atoms in total. The number of rotatable bonds is 0. The zero-order chi connectivity index (χ0) is 6.85. The average molecular weight is 162 g/mol. The predicted octanol–water partition coefficient (Wildman–Crippen LogP) is -0.424. The molecule has 9 heavy (non-hydrogen) atoms. The van der Waals surface area contributed by atoms with Gasteiger partial charge in [0.1, 0.15) is 4.71 Å². The molecular weight excluding hydrogens is 156 g/mol. The number of amidine groups is 1. The third-order valence-corrected chi connectivity index (χ3v) is 1.77. The highest BCUT2D eigenvalue weighted by atomic mass is 32.2. The first-order valence-corrected chi connectivity index (χ1v) is 3.60. The van der Waals surface area contributed by atoms with E-state index in [-0.39, 0.29) is 10.7 Å². The van der Waals surface area contributed by atoms with Crippen LogP contribution in [0.1, 0.15) is 0 Å². The lowest BCUT2D eigenvalue weighted by molar-refractivity contribution is 1.25. The van der Waals surface area contributed by atoms with Gasteiger partial charge in [0.05, 0.1) is 0 Å². The zero-order valence-electron chi connectivity index (χ0n) is 4.48. The van der Waals surface area contributed by atoms with E-state index in [4.69, 9.17) is 11.5 Å². The Morgan fingerprint density at radius 1 is 1.56 bits per heavy atom. The van der Waals surface area contributed by atoms with Crippen molar-refractivity contribution in [3.05, 3.63) is 0 Å². The second-order valence-electron chi connectivity index (χ2n) is 1.38. The van der Waals surface area contributed by atoms with Crippen molar-refractivity contribution in [3.8, 4) is 0 Å². The molecule has 1 heterocycles. The number of aliphatic imine (C=N–C) groups is 2. The summed E-state index contributed by atoms with van der Waals surface area (Å²) >= 11 is 5.28. The topological polar surface area (TPSA) is 76.8 Å². The van der Waals surface area contributed by atoms with Crippen LogP contribution >= 0.6 is 24.4 Å². The molecule has 1 unspecified atom stereocenters. The molecule has 4 N–H and O–H groups in total. The molecule has 0 fully saturated rings. The van der Waals surface area contributed by atoms with E-state index in [1.54, 1.807) is 0 Å². The van der Waals surface area contributed by atoms with Crippen molar-refractivity contribution in [2.75, 3.05) is 0 Å². The molecule has 50 valence electrons. The number of nitrogens with zero attached hydrogens (tertiary/aromatic N) is 2. The van der Waals surface area contributed by atoms with Crippen molar-refractivity contribution in [2.45, 2.75) is 4.71 Å². The molecule has 0 aromatic carbocycles. The third-order valence-electron chi connectivity index (χ3n) is 0.694. The minimum atomic E-state index is -0.192. The summed E-state index contributed by atoms with van der Waals surface area (Å²) in [7, 11) is 0. The largest absolute Gasteiger partial charge is 0.378 e. The van der Waals surface area contributed by atoms with Crippen LogP contribution in [0.2, 0.25) is 0 Å².